The number of benzene rings is 1. The molecule has 2 heterocycles. The number of halogens is 2. The molecule has 0 unspecified atom stereocenters. The smallest absolute Gasteiger partial charge is 0.254 e. The summed E-state index contributed by atoms with van der Waals surface area (Å²) in [6.07, 6.45) is 3.34. The van der Waals surface area contributed by atoms with Crippen LogP contribution in [0.4, 0.5) is 5.13 Å². The van der Waals surface area contributed by atoms with Crippen molar-refractivity contribution in [3.8, 4) is 0 Å². The topological polar surface area (TPSA) is 71.5 Å². The van der Waals surface area contributed by atoms with E-state index in [0.717, 1.165) is 12.8 Å². The molecule has 1 aromatic carbocycles. The summed E-state index contributed by atoms with van der Waals surface area (Å²) in [5.74, 6) is -0.611. The van der Waals surface area contributed by atoms with E-state index in [0.29, 0.717) is 33.9 Å². The van der Waals surface area contributed by atoms with Gasteiger partial charge in [-0.1, -0.05) is 23.2 Å². The fraction of sp³-hybridized carbons (Fsp3) is 0.353. The van der Waals surface area contributed by atoms with Gasteiger partial charge in [-0.25, -0.2) is 4.98 Å². The third kappa shape index (κ3) is 4.94. The molecule has 138 valence electrons. The number of ether oxygens (including phenoxy) is 1. The van der Waals surface area contributed by atoms with Crippen molar-refractivity contribution in [3.63, 3.8) is 0 Å². The average molecular weight is 414 g/mol. The fourth-order valence-corrected chi connectivity index (χ4v) is 3.53. The highest BCUT2D eigenvalue weighted by molar-refractivity contribution is 7.13. The standard InChI is InChI=1S/C17H17Cl2N3O3S/c18-13-4-3-11(8-14(13)19)16(24)22(9-12-2-1-6-25-12)10-15(23)21-17-20-5-7-26-17/h3-5,7-8,12H,1-2,6,9-10H2,(H,20,21,23)/t12-/m1/s1. The highest BCUT2D eigenvalue weighted by Crippen LogP contribution is 2.24. The number of nitrogens with one attached hydrogen (secondary N) is 1. The number of rotatable bonds is 6. The predicted molar refractivity (Wildman–Crippen MR) is 102 cm³/mol. The zero-order chi connectivity index (χ0) is 18.5. The van der Waals surface area contributed by atoms with E-state index in [2.05, 4.69) is 10.3 Å². The first kappa shape index (κ1) is 19.1. The molecule has 26 heavy (non-hydrogen) atoms. The number of amides is 2. The van der Waals surface area contributed by atoms with Gasteiger partial charge in [0.2, 0.25) is 5.91 Å². The molecule has 2 amide bonds. The average Bonchev–Trinajstić information content (AvgIpc) is 3.30. The Balaban J connectivity index is 1.73. The molecule has 1 fully saturated rings. The summed E-state index contributed by atoms with van der Waals surface area (Å²) in [6, 6.07) is 4.67. The van der Waals surface area contributed by atoms with Crippen LogP contribution in [0.3, 0.4) is 0 Å². The molecule has 0 radical (unpaired) electrons. The number of anilines is 1. The van der Waals surface area contributed by atoms with E-state index >= 15 is 0 Å². The Morgan fingerprint density at radius 3 is 2.85 bits per heavy atom. The molecule has 1 atom stereocenters. The van der Waals surface area contributed by atoms with Gasteiger partial charge in [0.15, 0.2) is 5.13 Å². The molecule has 1 aromatic heterocycles. The molecular weight excluding hydrogens is 397 g/mol. The Labute approximate surface area is 165 Å². The Hall–Kier alpha value is -1.67. The molecule has 1 aliphatic rings. The van der Waals surface area contributed by atoms with Crippen molar-refractivity contribution < 1.29 is 14.3 Å². The summed E-state index contributed by atoms with van der Waals surface area (Å²) >= 11 is 13.3. The van der Waals surface area contributed by atoms with Gasteiger partial charge in [0.25, 0.3) is 5.91 Å². The summed E-state index contributed by atoms with van der Waals surface area (Å²) in [4.78, 5) is 30.7. The second-order valence-electron chi connectivity index (χ2n) is 5.84. The number of aromatic nitrogens is 1. The van der Waals surface area contributed by atoms with Crippen LogP contribution in [0.15, 0.2) is 29.8 Å². The van der Waals surface area contributed by atoms with E-state index in [1.807, 2.05) is 0 Å². The number of thiazole rings is 1. The van der Waals surface area contributed by atoms with Gasteiger partial charge in [0, 0.05) is 30.3 Å². The molecule has 9 heteroatoms. The Bertz CT molecular complexity index is 780. The third-order valence-corrected chi connectivity index (χ3v) is 5.34. The second kappa shape index (κ2) is 8.81. The molecular formula is C17H17Cl2N3O3S. The first-order valence-corrected chi connectivity index (χ1v) is 9.72. The van der Waals surface area contributed by atoms with Gasteiger partial charge in [-0.2, -0.15) is 0 Å². The van der Waals surface area contributed by atoms with Crippen molar-refractivity contribution in [1.29, 1.82) is 0 Å². The van der Waals surface area contributed by atoms with E-state index in [4.69, 9.17) is 27.9 Å². The van der Waals surface area contributed by atoms with Crippen LogP contribution in [0.1, 0.15) is 23.2 Å². The normalized spacial score (nSPS) is 16.5. The van der Waals surface area contributed by atoms with Crippen LogP contribution < -0.4 is 5.32 Å². The van der Waals surface area contributed by atoms with Crippen LogP contribution in [-0.2, 0) is 9.53 Å². The monoisotopic (exact) mass is 413 g/mol. The predicted octanol–water partition coefficient (Wildman–Crippen LogP) is 3.71. The van der Waals surface area contributed by atoms with Crippen molar-refractivity contribution in [2.75, 3.05) is 25.0 Å². The molecule has 2 aromatic rings. The van der Waals surface area contributed by atoms with Gasteiger partial charge in [0.1, 0.15) is 6.54 Å². The number of hydrogen-bond acceptors (Lipinski definition) is 5. The Kier molecular flexibility index (Phi) is 6.48. The lowest BCUT2D eigenvalue weighted by atomic mass is 10.1. The maximum absolute atomic E-state index is 12.9. The minimum absolute atomic E-state index is 0.0746. The maximum Gasteiger partial charge on any atom is 0.254 e. The summed E-state index contributed by atoms with van der Waals surface area (Å²) in [5.41, 5.74) is 0.374. The first-order chi connectivity index (χ1) is 12.5. The largest absolute Gasteiger partial charge is 0.376 e. The minimum atomic E-state index is -0.314. The summed E-state index contributed by atoms with van der Waals surface area (Å²) < 4.78 is 5.62. The van der Waals surface area contributed by atoms with Crippen molar-refractivity contribution in [3.05, 3.63) is 45.4 Å². The van der Waals surface area contributed by atoms with Crippen LogP contribution in [0.25, 0.3) is 0 Å². The van der Waals surface area contributed by atoms with E-state index in [-0.39, 0.29) is 24.5 Å². The lowest BCUT2D eigenvalue weighted by molar-refractivity contribution is -0.117. The number of carbonyl (C=O) groups excluding carboxylic acids is 2. The molecule has 0 bridgehead atoms. The van der Waals surface area contributed by atoms with E-state index in [1.165, 1.54) is 22.3 Å². The molecule has 1 saturated heterocycles. The van der Waals surface area contributed by atoms with E-state index in [1.54, 1.807) is 23.7 Å². The van der Waals surface area contributed by atoms with Gasteiger partial charge < -0.3 is 15.0 Å². The number of hydrogen-bond donors (Lipinski definition) is 1. The highest BCUT2D eigenvalue weighted by Gasteiger charge is 2.25. The van der Waals surface area contributed by atoms with Crippen molar-refractivity contribution in [1.82, 2.24) is 9.88 Å². The van der Waals surface area contributed by atoms with Gasteiger partial charge in [0.05, 0.1) is 16.1 Å². The molecule has 3 rings (SSSR count). The zero-order valence-electron chi connectivity index (χ0n) is 13.8. The van der Waals surface area contributed by atoms with Crippen LogP contribution >= 0.6 is 34.5 Å². The van der Waals surface area contributed by atoms with Crippen molar-refractivity contribution in [2.24, 2.45) is 0 Å². The Morgan fingerprint density at radius 1 is 1.35 bits per heavy atom. The zero-order valence-corrected chi connectivity index (χ0v) is 16.1. The second-order valence-corrected chi connectivity index (χ2v) is 7.54. The fourth-order valence-electron chi connectivity index (χ4n) is 2.68. The number of carbonyl (C=O) groups is 2. The Morgan fingerprint density at radius 2 is 2.19 bits per heavy atom. The minimum Gasteiger partial charge on any atom is -0.376 e. The van der Waals surface area contributed by atoms with Crippen molar-refractivity contribution >= 4 is 51.5 Å². The third-order valence-electron chi connectivity index (χ3n) is 3.91. The number of nitrogens with zero attached hydrogens (tertiary/aromatic N) is 2. The highest BCUT2D eigenvalue weighted by atomic mass is 35.5. The molecule has 0 saturated carbocycles. The summed E-state index contributed by atoms with van der Waals surface area (Å²) in [5, 5.41) is 5.61. The van der Waals surface area contributed by atoms with Crippen molar-refractivity contribution in [2.45, 2.75) is 18.9 Å². The molecule has 0 aliphatic carbocycles. The maximum atomic E-state index is 12.9. The SMILES string of the molecule is O=C(CN(C[C@H]1CCCO1)C(=O)c1ccc(Cl)c(Cl)c1)Nc1nccs1. The van der Waals surface area contributed by atoms with E-state index < -0.39 is 0 Å². The van der Waals surface area contributed by atoms with Gasteiger partial charge >= 0.3 is 0 Å². The van der Waals surface area contributed by atoms with Crippen LogP contribution in [0.2, 0.25) is 10.0 Å². The molecule has 1 aliphatic heterocycles. The van der Waals surface area contributed by atoms with Gasteiger partial charge in [-0.15, -0.1) is 11.3 Å². The lowest BCUT2D eigenvalue weighted by Gasteiger charge is -2.25. The summed E-state index contributed by atoms with van der Waals surface area (Å²) in [6.45, 7) is 0.910. The molecule has 1 N–H and O–H groups in total. The van der Waals surface area contributed by atoms with Gasteiger partial charge in [-0.3, -0.25) is 9.59 Å². The van der Waals surface area contributed by atoms with E-state index in [9.17, 15) is 9.59 Å². The quantitative estimate of drug-likeness (QED) is 0.783. The lowest BCUT2D eigenvalue weighted by Crippen LogP contribution is -2.42. The first-order valence-electron chi connectivity index (χ1n) is 8.08. The van der Waals surface area contributed by atoms with Crippen LogP contribution in [0.5, 0.6) is 0 Å². The van der Waals surface area contributed by atoms with Crippen LogP contribution in [0, 0.1) is 0 Å². The summed E-state index contributed by atoms with van der Waals surface area (Å²) in [7, 11) is 0. The van der Waals surface area contributed by atoms with Gasteiger partial charge in [-0.05, 0) is 31.0 Å². The molecule has 6 nitrogen and oxygen atoms in total. The van der Waals surface area contributed by atoms with Crippen LogP contribution in [-0.4, -0.2) is 47.5 Å². The molecule has 0 spiro atoms.